The van der Waals surface area contributed by atoms with E-state index in [-0.39, 0.29) is 5.91 Å². The van der Waals surface area contributed by atoms with Gasteiger partial charge in [-0.05, 0) is 71.5 Å². The summed E-state index contributed by atoms with van der Waals surface area (Å²) in [6, 6.07) is 15.2. The maximum atomic E-state index is 12.1. The summed E-state index contributed by atoms with van der Waals surface area (Å²) >= 11 is 2.22. The molecule has 3 N–H and O–H groups in total. The summed E-state index contributed by atoms with van der Waals surface area (Å²) in [5.41, 5.74) is 8.10. The van der Waals surface area contributed by atoms with Gasteiger partial charge in [-0.2, -0.15) is 0 Å². The molecule has 0 heterocycles. The first-order valence-electron chi connectivity index (χ1n) is 6.05. The molecule has 0 saturated heterocycles. The molecule has 0 aliphatic rings. The van der Waals surface area contributed by atoms with Crippen molar-refractivity contribution in [1.82, 2.24) is 0 Å². The Hall–Kier alpha value is -1.40. The number of benzene rings is 2. The van der Waals surface area contributed by atoms with Gasteiger partial charge in [-0.1, -0.05) is 18.2 Å². The Morgan fingerprint density at radius 1 is 1.16 bits per heavy atom. The number of hydrogen-bond donors (Lipinski definition) is 2. The second-order valence-corrected chi connectivity index (χ2v) is 5.45. The van der Waals surface area contributed by atoms with Gasteiger partial charge in [-0.15, -0.1) is 0 Å². The fraction of sp³-hybridized carbons (Fsp3) is 0.133. The van der Waals surface area contributed by atoms with E-state index < -0.39 is 0 Å². The van der Waals surface area contributed by atoms with Crippen LogP contribution in [0.1, 0.15) is 15.9 Å². The molecule has 0 spiro atoms. The molecule has 2 aromatic rings. The Labute approximate surface area is 126 Å². The Balaban J connectivity index is 2.07. The maximum absolute atomic E-state index is 12.1. The zero-order valence-electron chi connectivity index (χ0n) is 10.4. The average molecular weight is 366 g/mol. The molecule has 98 valence electrons. The van der Waals surface area contributed by atoms with E-state index in [1.165, 1.54) is 0 Å². The normalized spacial score (nSPS) is 10.2. The van der Waals surface area contributed by atoms with Crippen molar-refractivity contribution in [3.05, 3.63) is 63.2 Å². The highest BCUT2D eigenvalue weighted by molar-refractivity contribution is 14.1. The summed E-state index contributed by atoms with van der Waals surface area (Å²) < 4.78 is 1.09. The lowest BCUT2D eigenvalue weighted by Gasteiger charge is -2.06. The van der Waals surface area contributed by atoms with Crippen molar-refractivity contribution >= 4 is 34.2 Å². The van der Waals surface area contributed by atoms with Crippen molar-refractivity contribution in [2.45, 2.75) is 6.42 Å². The van der Waals surface area contributed by atoms with E-state index in [4.69, 9.17) is 5.73 Å². The molecule has 0 bridgehead atoms. The Bertz CT molecular complexity index is 567. The van der Waals surface area contributed by atoms with Crippen LogP contribution in [0.4, 0.5) is 5.69 Å². The quantitative estimate of drug-likeness (QED) is 0.818. The van der Waals surface area contributed by atoms with E-state index in [1.54, 1.807) is 0 Å². The molecule has 0 unspecified atom stereocenters. The number of carbonyl (C=O) groups excluding carboxylic acids is 1. The third-order valence-corrected chi connectivity index (χ3v) is 3.40. The third kappa shape index (κ3) is 4.04. The third-order valence-electron chi connectivity index (χ3n) is 2.73. The predicted octanol–water partition coefficient (Wildman–Crippen LogP) is 3.04. The van der Waals surface area contributed by atoms with E-state index >= 15 is 0 Å². The standard InChI is InChI=1S/C15H15IN2O/c16-13-2-1-3-14(10-13)18-15(19)12-6-4-11(5-7-12)8-9-17/h1-7,10H,8-9,17H2,(H,18,19). The van der Waals surface area contributed by atoms with Crippen molar-refractivity contribution in [3.63, 3.8) is 0 Å². The monoisotopic (exact) mass is 366 g/mol. The SMILES string of the molecule is NCCc1ccc(C(=O)Nc2cccc(I)c2)cc1. The van der Waals surface area contributed by atoms with E-state index in [1.807, 2.05) is 48.5 Å². The molecule has 0 aromatic heterocycles. The minimum atomic E-state index is -0.0960. The summed E-state index contributed by atoms with van der Waals surface area (Å²) in [4.78, 5) is 12.1. The Morgan fingerprint density at radius 3 is 2.53 bits per heavy atom. The molecule has 0 aliphatic heterocycles. The fourth-order valence-corrected chi connectivity index (χ4v) is 2.30. The molecule has 0 fully saturated rings. The number of hydrogen-bond acceptors (Lipinski definition) is 2. The van der Waals surface area contributed by atoms with Crippen LogP contribution in [-0.4, -0.2) is 12.5 Å². The Morgan fingerprint density at radius 2 is 1.89 bits per heavy atom. The summed E-state index contributed by atoms with van der Waals surface area (Å²) in [7, 11) is 0. The molecule has 0 saturated carbocycles. The van der Waals surface area contributed by atoms with E-state index in [2.05, 4.69) is 27.9 Å². The van der Waals surface area contributed by atoms with Gasteiger partial charge in [0, 0.05) is 14.8 Å². The summed E-state index contributed by atoms with van der Waals surface area (Å²) in [5.74, 6) is -0.0960. The van der Waals surface area contributed by atoms with Gasteiger partial charge < -0.3 is 11.1 Å². The predicted molar refractivity (Wildman–Crippen MR) is 86.3 cm³/mol. The first-order valence-corrected chi connectivity index (χ1v) is 7.13. The highest BCUT2D eigenvalue weighted by Crippen LogP contribution is 2.14. The minimum absolute atomic E-state index is 0.0960. The first-order chi connectivity index (χ1) is 9.19. The van der Waals surface area contributed by atoms with Crippen LogP contribution in [0.15, 0.2) is 48.5 Å². The molecular weight excluding hydrogens is 351 g/mol. The minimum Gasteiger partial charge on any atom is -0.330 e. The number of halogens is 1. The van der Waals surface area contributed by atoms with Gasteiger partial charge in [0.25, 0.3) is 5.91 Å². The summed E-state index contributed by atoms with van der Waals surface area (Å²) in [5, 5.41) is 2.88. The molecule has 2 rings (SSSR count). The molecule has 2 aromatic carbocycles. The number of rotatable bonds is 4. The van der Waals surface area contributed by atoms with Gasteiger partial charge in [0.15, 0.2) is 0 Å². The summed E-state index contributed by atoms with van der Waals surface area (Å²) in [6.45, 7) is 0.619. The van der Waals surface area contributed by atoms with E-state index in [9.17, 15) is 4.79 Å². The first kappa shape index (κ1) is 14.0. The molecule has 1 amide bonds. The second kappa shape index (κ2) is 6.68. The van der Waals surface area contributed by atoms with Gasteiger partial charge in [-0.3, -0.25) is 4.79 Å². The van der Waals surface area contributed by atoms with Crippen molar-refractivity contribution in [3.8, 4) is 0 Å². The maximum Gasteiger partial charge on any atom is 0.255 e. The van der Waals surface area contributed by atoms with Crippen molar-refractivity contribution in [2.24, 2.45) is 5.73 Å². The van der Waals surface area contributed by atoms with Gasteiger partial charge in [0.1, 0.15) is 0 Å². The van der Waals surface area contributed by atoms with Gasteiger partial charge >= 0.3 is 0 Å². The highest BCUT2D eigenvalue weighted by Gasteiger charge is 2.06. The van der Waals surface area contributed by atoms with Gasteiger partial charge in [0.2, 0.25) is 0 Å². The van der Waals surface area contributed by atoms with E-state index in [0.717, 1.165) is 21.2 Å². The van der Waals surface area contributed by atoms with Gasteiger partial charge in [0.05, 0.1) is 0 Å². The van der Waals surface area contributed by atoms with Crippen molar-refractivity contribution in [2.75, 3.05) is 11.9 Å². The molecule has 0 atom stereocenters. The zero-order chi connectivity index (χ0) is 13.7. The lowest BCUT2D eigenvalue weighted by atomic mass is 10.1. The van der Waals surface area contributed by atoms with E-state index in [0.29, 0.717) is 12.1 Å². The smallest absolute Gasteiger partial charge is 0.255 e. The van der Waals surface area contributed by atoms with Gasteiger partial charge in [-0.25, -0.2) is 0 Å². The van der Waals surface area contributed by atoms with Crippen LogP contribution >= 0.6 is 22.6 Å². The molecule has 19 heavy (non-hydrogen) atoms. The average Bonchev–Trinajstić information content (AvgIpc) is 2.40. The highest BCUT2D eigenvalue weighted by atomic mass is 127. The Kier molecular flexibility index (Phi) is 4.93. The van der Waals surface area contributed by atoms with Crippen LogP contribution in [-0.2, 0) is 6.42 Å². The van der Waals surface area contributed by atoms with Crippen molar-refractivity contribution < 1.29 is 4.79 Å². The largest absolute Gasteiger partial charge is 0.330 e. The molecule has 3 nitrogen and oxygen atoms in total. The van der Waals surface area contributed by atoms with Crippen LogP contribution in [0.25, 0.3) is 0 Å². The molecule has 4 heteroatoms. The number of nitrogens with one attached hydrogen (secondary N) is 1. The lowest BCUT2D eigenvalue weighted by Crippen LogP contribution is -2.12. The fourth-order valence-electron chi connectivity index (χ4n) is 1.76. The van der Waals surface area contributed by atoms with Crippen LogP contribution in [0.5, 0.6) is 0 Å². The lowest BCUT2D eigenvalue weighted by molar-refractivity contribution is 0.102. The van der Waals surface area contributed by atoms with Crippen LogP contribution in [0, 0.1) is 3.57 Å². The van der Waals surface area contributed by atoms with Crippen LogP contribution in [0.2, 0.25) is 0 Å². The van der Waals surface area contributed by atoms with Crippen molar-refractivity contribution in [1.29, 1.82) is 0 Å². The number of anilines is 1. The molecule has 0 aliphatic carbocycles. The molecular formula is C15H15IN2O. The zero-order valence-corrected chi connectivity index (χ0v) is 12.6. The number of amides is 1. The van der Waals surface area contributed by atoms with Crippen LogP contribution in [0.3, 0.4) is 0 Å². The van der Waals surface area contributed by atoms with Crippen LogP contribution < -0.4 is 11.1 Å². The number of carbonyl (C=O) groups is 1. The number of nitrogens with two attached hydrogens (primary N) is 1. The topological polar surface area (TPSA) is 55.1 Å². The molecule has 0 radical (unpaired) electrons. The second-order valence-electron chi connectivity index (χ2n) is 4.20. The summed E-state index contributed by atoms with van der Waals surface area (Å²) in [6.07, 6.45) is 0.832.